The highest BCUT2D eigenvalue weighted by molar-refractivity contribution is 7.89. The predicted molar refractivity (Wildman–Crippen MR) is 109 cm³/mol. The van der Waals surface area contributed by atoms with Crippen molar-refractivity contribution in [3.8, 4) is 17.2 Å². The molecule has 0 aliphatic heterocycles. The third-order valence-electron chi connectivity index (χ3n) is 5.42. The molecule has 144 valence electrons. The highest BCUT2D eigenvalue weighted by atomic mass is 35.5. The summed E-state index contributed by atoms with van der Waals surface area (Å²) < 4.78 is 25.2. The number of primary sulfonamides is 1. The second-order valence-corrected chi connectivity index (χ2v) is 9.40. The molecule has 7 nitrogen and oxygen atoms in total. The van der Waals surface area contributed by atoms with E-state index in [1.165, 1.54) is 6.20 Å². The van der Waals surface area contributed by atoms with Crippen molar-refractivity contribution in [1.82, 2.24) is 9.55 Å². The number of halogens is 1. The van der Waals surface area contributed by atoms with Crippen LogP contribution in [0.2, 0.25) is 5.02 Å². The molecule has 0 radical (unpaired) electrons. The molecule has 0 spiro atoms. The number of sulfonamides is 1. The summed E-state index contributed by atoms with van der Waals surface area (Å²) >= 11 is 6.42. The van der Waals surface area contributed by atoms with E-state index < -0.39 is 15.3 Å². The van der Waals surface area contributed by atoms with E-state index in [-0.39, 0.29) is 6.04 Å². The van der Waals surface area contributed by atoms with Crippen molar-refractivity contribution in [1.29, 1.82) is 5.26 Å². The molecule has 28 heavy (non-hydrogen) atoms. The van der Waals surface area contributed by atoms with Gasteiger partial charge < -0.3 is 10.3 Å². The summed E-state index contributed by atoms with van der Waals surface area (Å²) in [5, 5.41) is 15.4. The van der Waals surface area contributed by atoms with E-state index in [2.05, 4.69) is 11.1 Å². The van der Waals surface area contributed by atoms with Crippen LogP contribution in [0.3, 0.4) is 0 Å². The van der Waals surface area contributed by atoms with Gasteiger partial charge in [0, 0.05) is 40.5 Å². The third kappa shape index (κ3) is 2.92. The number of pyridine rings is 1. The van der Waals surface area contributed by atoms with Crippen molar-refractivity contribution in [2.24, 2.45) is 5.14 Å². The molecule has 1 fully saturated rings. The maximum Gasteiger partial charge on any atom is 0.212 e. The first kappa shape index (κ1) is 18.7. The molecule has 1 saturated carbocycles. The zero-order valence-corrected chi connectivity index (χ0v) is 16.6. The van der Waals surface area contributed by atoms with Gasteiger partial charge in [-0.1, -0.05) is 11.6 Å². The molecule has 1 aliphatic rings. The summed E-state index contributed by atoms with van der Waals surface area (Å²) in [4.78, 5) is 4.14. The SMILES string of the molecule is Cc1cc2c(cc1C#N)c(-c1cncc(N)c1Cl)cn2C1CC(S(N)(=O)=O)C1. The fourth-order valence-corrected chi connectivity index (χ4v) is 4.90. The van der Waals surface area contributed by atoms with Crippen molar-refractivity contribution in [3.63, 3.8) is 0 Å². The van der Waals surface area contributed by atoms with Gasteiger partial charge in [-0.15, -0.1) is 0 Å². The first-order valence-corrected chi connectivity index (χ1v) is 10.7. The minimum atomic E-state index is -3.54. The Labute approximate surface area is 167 Å². The van der Waals surface area contributed by atoms with Gasteiger partial charge in [0.05, 0.1) is 33.8 Å². The third-order valence-corrected chi connectivity index (χ3v) is 7.16. The number of nitriles is 1. The van der Waals surface area contributed by atoms with Crippen molar-refractivity contribution >= 4 is 38.2 Å². The number of nitrogens with zero attached hydrogens (tertiary/aromatic N) is 3. The van der Waals surface area contributed by atoms with Gasteiger partial charge in [-0.25, -0.2) is 13.6 Å². The zero-order chi connectivity index (χ0) is 20.2. The number of nitrogen functional groups attached to an aromatic ring is 1. The zero-order valence-electron chi connectivity index (χ0n) is 15.1. The summed E-state index contributed by atoms with van der Waals surface area (Å²) in [5.74, 6) is 0. The summed E-state index contributed by atoms with van der Waals surface area (Å²) in [7, 11) is -3.54. The van der Waals surface area contributed by atoms with Gasteiger partial charge in [0.1, 0.15) is 0 Å². The number of aromatic nitrogens is 2. The highest BCUT2D eigenvalue weighted by Crippen LogP contribution is 2.43. The monoisotopic (exact) mass is 415 g/mol. The number of aryl methyl sites for hydroxylation is 1. The van der Waals surface area contributed by atoms with Crippen LogP contribution in [0.4, 0.5) is 5.69 Å². The van der Waals surface area contributed by atoms with Crippen molar-refractivity contribution in [3.05, 3.63) is 46.9 Å². The van der Waals surface area contributed by atoms with Crippen LogP contribution in [0.1, 0.15) is 30.0 Å². The largest absolute Gasteiger partial charge is 0.396 e. The standard InChI is InChI=1S/C19H18ClN5O2S/c1-10-2-18-14(3-11(10)6-21)16(15-7-24-8-17(22)19(15)20)9-25(18)12-4-13(5-12)28(23,26)27/h2-3,7-9,12-13H,4-5,22H2,1H3,(H2,23,26,27). The van der Waals surface area contributed by atoms with Crippen LogP contribution in [0.25, 0.3) is 22.0 Å². The Morgan fingerprint density at radius 1 is 1.29 bits per heavy atom. The van der Waals surface area contributed by atoms with Gasteiger partial charge in [-0.3, -0.25) is 4.98 Å². The number of nitrogens with two attached hydrogens (primary N) is 2. The smallest absolute Gasteiger partial charge is 0.212 e. The van der Waals surface area contributed by atoms with E-state index >= 15 is 0 Å². The summed E-state index contributed by atoms with van der Waals surface area (Å²) in [6.45, 7) is 1.87. The van der Waals surface area contributed by atoms with Crippen LogP contribution in [0.15, 0.2) is 30.7 Å². The minimum absolute atomic E-state index is 0.000274. The van der Waals surface area contributed by atoms with E-state index in [0.29, 0.717) is 34.7 Å². The first-order valence-electron chi connectivity index (χ1n) is 8.67. The van der Waals surface area contributed by atoms with Crippen LogP contribution in [0.5, 0.6) is 0 Å². The molecule has 0 saturated heterocycles. The predicted octanol–water partition coefficient (Wildman–Crippen LogP) is 3.11. The van der Waals surface area contributed by atoms with E-state index in [1.807, 2.05) is 29.8 Å². The molecule has 4 N–H and O–H groups in total. The van der Waals surface area contributed by atoms with E-state index in [9.17, 15) is 13.7 Å². The minimum Gasteiger partial charge on any atom is -0.396 e. The Morgan fingerprint density at radius 2 is 2.00 bits per heavy atom. The molecular weight excluding hydrogens is 398 g/mol. The molecule has 4 rings (SSSR count). The lowest BCUT2D eigenvalue weighted by molar-refractivity contribution is 0.321. The molecule has 9 heteroatoms. The second-order valence-electron chi connectivity index (χ2n) is 7.17. The Hall–Kier alpha value is -2.60. The summed E-state index contributed by atoms with van der Waals surface area (Å²) in [5.41, 5.74) is 10.1. The van der Waals surface area contributed by atoms with Crippen molar-refractivity contribution in [2.45, 2.75) is 31.1 Å². The molecule has 0 unspecified atom stereocenters. The van der Waals surface area contributed by atoms with Crippen molar-refractivity contribution < 1.29 is 8.42 Å². The summed E-state index contributed by atoms with van der Waals surface area (Å²) in [6.07, 6.45) is 5.95. The second kappa shape index (κ2) is 6.48. The molecule has 2 aromatic heterocycles. The number of benzene rings is 1. The van der Waals surface area contributed by atoms with Crippen LogP contribution >= 0.6 is 11.6 Å². The van der Waals surface area contributed by atoms with Crippen LogP contribution < -0.4 is 10.9 Å². The molecular formula is C19H18ClN5O2S. The Bertz CT molecular complexity index is 1250. The molecule has 0 atom stereocenters. The van der Waals surface area contributed by atoms with Crippen molar-refractivity contribution in [2.75, 3.05) is 5.73 Å². The van der Waals surface area contributed by atoms with Gasteiger partial charge in [-0.05, 0) is 37.5 Å². The molecule has 0 amide bonds. The lowest BCUT2D eigenvalue weighted by Gasteiger charge is -2.35. The molecule has 2 heterocycles. The summed E-state index contributed by atoms with van der Waals surface area (Å²) in [6, 6.07) is 5.97. The average molecular weight is 416 g/mol. The van der Waals surface area contributed by atoms with Crippen LogP contribution in [0, 0.1) is 18.3 Å². The van der Waals surface area contributed by atoms with Gasteiger partial charge >= 0.3 is 0 Å². The van der Waals surface area contributed by atoms with Crippen LogP contribution in [-0.2, 0) is 10.0 Å². The first-order chi connectivity index (χ1) is 13.2. The van der Waals surface area contributed by atoms with Gasteiger partial charge in [0.2, 0.25) is 10.0 Å². The van der Waals surface area contributed by atoms with Crippen LogP contribution in [-0.4, -0.2) is 23.2 Å². The normalized spacial score (nSPS) is 19.4. The number of hydrogen-bond donors (Lipinski definition) is 2. The van der Waals surface area contributed by atoms with Gasteiger partial charge in [-0.2, -0.15) is 5.26 Å². The maximum absolute atomic E-state index is 11.6. The van der Waals surface area contributed by atoms with E-state index in [0.717, 1.165) is 22.0 Å². The Balaban J connectivity index is 1.91. The van der Waals surface area contributed by atoms with E-state index in [4.69, 9.17) is 22.5 Å². The average Bonchev–Trinajstić information content (AvgIpc) is 2.92. The number of anilines is 1. The fraction of sp³-hybridized carbons (Fsp3) is 0.263. The number of hydrogen-bond acceptors (Lipinski definition) is 5. The Kier molecular flexibility index (Phi) is 4.34. The topological polar surface area (TPSA) is 128 Å². The molecule has 0 bridgehead atoms. The Morgan fingerprint density at radius 3 is 2.64 bits per heavy atom. The number of rotatable bonds is 3. The highest BCUT2D eigenvalue weighted by Gasteiger charge is 2.38. The maximum atomic E-state index is 11.6. The number of fused-ring (bicyclic) bond motifs is 1. The lowest BCUT2D eigenvalue weighted by atomic mass is 9.92. The van der Waals surface area contributed by atoms with Gasteiger partial charge in [0.25, 0.3) is 0 Å². The molecule has 1 aromatic carbocycles. The fourth-order valence-electron chi connectivity index (χ4n) is 3.72. The quantitative estimate of drug-likeness (QED) is 0.679. The lowest BCUT2D eigenvalue weighted by Crippen LogP contribution is -2.40. The molecule has 1 aliphatic carbocycles. The molecule has 3 aromatic rings. The van der Waals surface area contributed by atoms with E-state index in [1.54, 1.807) is 6.20 Å². The van der Waals surface area contributed by atoms with Gasteiger partial charge in [0.15, 0.2) is 0 Å².